The van der Waals surface area contributed by atoms with Gasteiger partial charge >= 0.3 is 18.2 Å². The van der Waals surface area contributed by atoms with Gasteiger partial charge in [0.05, 0.1) is 0 Å². The summed E-state index contributed by atoms with van der Waals surface area (Å²) in [4.78, 5) is 76.8. The maximum Gasteiger partial charge on any atom is 0.408 e. The molecule has 0 aliphatic heterocycles. The molecule has 0 aromatic heterocycles. The molecule has 1 unspecified atom stereocenters. The number of amides is 7. The highest BCUT2D eigenvalue weighted by molar-refractivity contribution is 5.92. The van der Waals surface area contributed by atoms with Crippen LogP contribution in [-0.4, -0.2) is 59.7 Å². The van der Waals surface area contributed by atoms with Gasteiger partial charge in [-0.3, -0.25) is 25.2 Å². The van der Waals surface area contributed by atoms with Crippen molar-refractivity contribution in [2.45, 2.75) is 98.1 Å². The van der Waals surface area contributed by atoms with Gasteiger partial charge in [-0.15, -0.1) is 0 Å². The maximum absolute atomic E-state index is 13.4. The minimum atomic E-state index is -1.10. The van der Waals surface area contributed by atoms with Gasteiger partial charge in [0.25, 0.3) is 11.8 Å². The molecule has 7 N–H and O–H groups in total. The Bertz CT molecular complexity index is 1420. The molecule has 15 heteroatoms. The molecule has 0 heterocycles. The van der Waals surface area contributed by atoms with E-state index in [0.717, 1.165) is 11.1 Å². The molecule has 274 valence electrons. The first-order valence-corrected chi connectivity index (χ1v) is 16.5. The van der Waals surface area contributed by atoms with Crippen molar-refractivity contribution in [2.75, 3.05) is 0 Å². The number of carbonyl (C=O) groups is 6. The lowest BCUT2D eigenvalue weighted by Crippen LogP contribution is -2.60. The van der Waals surface area contributed by atoms with E-state index < -0.39 is 59.7 Å². The zero-order chi connectivity index (χ0) is 37.3. The summed E-state index contributed by atoms with van der Waals surface area (Å²) in [6, 6.07) is 13.8. The number of carbonyl (C=O) groups excluding carboxylic acids is 6. The number of nitrogens with one attached hydrogen (secondary N) is 7. The molecule has 0 saturated carbocycles. The van der Waals surface area contributed by atoms with Crippen LogP contribution in [0.2, 0.25) is 0 Å². The van der Waals surface area contributed by atoms with Crippen LogP contribution >= 0.6 is 0 Å². The van der Waals surface area contributed by atoms with Crippen LogP contribution in [-0.2, 0) is 36.9 Å². The quantitative estimate of drug-likeness (QED) is 0.146. The zero-order valence-electron chi connectivity index (χ0n) is 29.8. The van der Waals surface area contributed by atoms with E-state index in [1.54, 1.807) is 69.3 Å². The van der Waals surface area contributed by atoms with Crippen molar-refractivity contribution >= 4 is 35.9 Å². The molecule has 2 aromatic rings. The number of benzene rings is 2. The molecule has 15 nitrogen and oxygen atoms in total. The highest BCUT2D eigenvalue weighted by Gasteiger charge is 2.30. The minimum absolute atomic E-state index is 0.00742. The molecule has 0 aliphatic rings. The second-order valence-electron chi connectivity index (χ2n) is 13.5. The van der Waals surface area contributed by atoms with Crippen LogP contribution in [0.25, 0.3) is 0 Å². The van der Waals surface area contributed by atoms with Crippen LogP contribution in [0.3, 0.4) is 0 Å². The predicted octanol–water partition coefficient (Wildman–Crippen LogP) is 3.36. The van der Waals surface area contributed by atoms with E-state index >= 15 is 0 Å². The smallest absolute Gasteiger partial charge is 0.408 e. The highest BCUT2D eigenvalue weighted by Crippen LogP contribution is 2.11. The summed E-state index contributed by atoms with van der Waals surface area (Å²) in [7, 11) is 0. The largest absolute Gasteiger partial charge is 0.445 e. The van der Waals surface area contributed by atoms with E-state index in [-0.39, 0.29) is 37.7 Å². The average molecular weight is 698 g/mol. The fourth-order valence-electron chi connectivity index (χ4n) is 4.54. The van der Waals surface area contributed by atoms with Gasteiger partial charge in [-0.25, -0.2) is 25.2 Å². The van der Waals surface area contributed by atoms with Crippen molar-refractivity contribution in [3.63, 3.8) is 0 Å². The summed E-state index contributed by atoms with van der Waals surface area (Å²) in [5.74, 6) is -2.14. The normalized spacial score (nSPS) is 12.8. The van der Waals surface area contributed by atoms with Crippen molar-refractivity contribution in [3.05, 3.63) is 71.8 Å². The number of urea groups is 1. The third kappa shape index (κ3) is 16.7. The van der Waals surface area contributed by atoms with Crippen LogP contribution in [0, 0.1) is 11.8 Å². The lowest BCUT2D eigenvalue weighted by molar-refractivity contribution is -0.130. The van der Waals surface area contributed by atoms with Gasteiger partial charge in [0.15, 0.2) is 0 Å². The Hall–Kier alpha value is -5.34. The number of ether oxygens (including phenoxy) is 2. The van der Waals surface area contributed by atoms with Gasteiger partial charge in [-0.2, -0.15) is 0 Å². The van der Waals surface area contributed by atoms with Crippen LogP contribution in [0.5, 0.6) is 0 Å². The molecule has 2 aromatic carbocycles. The Labute approximate surface area is 293 Å². The van der Waals surface area contributed by atoms with Crippen LogP contribution in [0.4, 0.5) is 14.4 Å². The number of hydrogen-bond donors (Lipinski definition) is 7. The molecule has 3 atom stereocenters. The molecule has 0 fully saturated rings. The summed E-state index contributed by atoms with van der Waals surface area (Å²) in [6.07, 6.45) is -1.03. The molecule has 0 saturated heterocycles. The van der Waals surface area contributed by atoms with Gasteiger partial charge in [-0.05, 0) is 56.6 Å². The van der Waals surface area contributed by atoms with Gasteiger partial charge in [0.1, 0.15) is 30.3 Å². The molecule has 0 spiro atoms. The van der Waals surface area contributed by atoms with E-state index in [9.17, 15) is 28.8 Å². The number of rotatable bonds is 14. The molecule has 50 heavy (non-hydrogen) atoms. The Balaban J connectivity index is 1.98. The third-order valence-electron chi connectivity index (χ3n) is 6.76. The molecule has 2 rings (SSSR count). The highest BCUT2D eigenvalue weighted by atomic mass is 16.6. The van der Waals surface area contributed by atoms with Gasteiger partial charge in [0, 0.05) is 6.42 Å². The standard InChI is InChI=1S/C35H51N7O8/c1-22(2)18-26(36-29(43)28(20-24-14-10-8-11-15-24)38-34(48)50-35(5,6)7)30(44)39-41-32(46)42-40-31(45)27(19-23(3)4)37-33(47)49-21-25-16-12-9-13-17-25/h8-17,22-23,26-28H,18-21H2,1-7H3,(H,36,43)(H,37,47)(H,38,48)(H,39,44)(H,40,45)(H2,41,42,46)/t26-,27-,28?/m0/s1. The van der Waals surface area contributed by atoms with E-state index in [2.05, 4.69) is 37.7 Å². The van der Waals surface area contributed by atoms with Crippen molar-refractivity contribution in [3.8, 4) is 0 Å². The summed E-state index contributed by atoms with van der Waals surface area (Å²) in [5, 5.41) is 7.75. The average Bonchev–Trinajstić information content (AvgIpc) is 3.03. The zero-order valence-corrected chi connectivity index (χ0v) is 29.8. The molecular formula is C35H51N7O8. The first kappa shape index (κ1) is 40.8. The van der Waals surface area contributed by atoms with Crippen LogP contribution < -0.4 is 37.7 Å². The second kappa shape index (κ2) is 20.2. The molecule has 0 aliphatic carbocycles. The van der Waals surface area contributed by atoms with Gasteiger partial charge in [0.2, 0.25) is 5.91 Å². The Kier molecular flexibility index (Phi) is 16.5. The first-order valence-electron chi connectivity index (χ1n) is 16.5. The number of hydrazine groups is 2. The van der Waals surface area contributed by atoms with Crippen LogP contribution in [0.1, 0.15) is 72.4 Å². The Morgan fingerprint density at radius 2 is 1.04 bits per heavy atom. The van der Waals surface area contributed by atoms with E-state index in [0.29, 0.717) is 0 Å². The molecule has 7 amide bonds. The van der Waals surface area contributed by atoms with Crippen LogP contribution in [0.15, 0.2) is 60.7 Å². The molecule has 0 bridgehead atoms. The first-order chi connectivity index (χ1) is 23.5. The summed E-state index contributed by atoms with van der Waals surface area (Å²) in [6.45, 7) is 12.5. The predicted molar refractivity (Wildman–Crippen MR) is 186 cm³/mol. The molecule has 0 radical (unpaired) electrons. The minimum Gasteiger partial charge on any atom is -0.445 e. The van der Waals surface area contributed by atoms with E-state index in [1.165, 1.54) is 0 Å². The lowest BCUT2D eigenvalue weighted by atomic mass is 10.0. The van der Waals surface area contributed by atoms with Gasteiger partial charge < -0.3 is 25.4 Å². The number of hydrogen-bond acceptors (Lipinski definition) is 8. The monoisotopic (exact) mass is 697 g/mol. The lowest BCUT2D eigenvalue weighted by Gasteiger charge is -2.26. The fourth-order valence-corrected chi connectivity index (χ4v) is 4.54. The van der Waals surface area contributed by atoms with Crippen molar-refractivity contribution in [1.82, 2.24) is 37.7 Å². The fraction of sp³-hybridized carbons (Fsp3) is 0.486. The Morgan fingerprint density at radius 3 is 1.52 bits per heavy atom. The maximum atomic E-state index is 13.4. The third-order valence-corrected chi connectivity index (χ3v) is 6.76. The Morgan fingerprint density at radius 1 is 0.580 bits per heavy atom. The SMILES string of the molecule is CC(C)C[C@H](NC(=O)OCc1ccccc1)C(=O)NNC(=O)NNC(=O)[C@H](CC(C)C)NC(=O)C(Cc1ccccc1)NC(=O)OC(C)(C)C. The van der Waals surface area contributed by atoms with Crippen molar-refractivity contribution in [1.29, 1.82) is 0 Å². The van der Waals surface area contributed by atoms with E-state index in [1.807, 2.05) is 39.8 Å². The summed E-state index contributed by atoms with van der Waals surface area (Å²) < 4.78 is 10.5. The second-order valence-corrected chi connectivity index (χ2v) is 13.5. The van der Waals surface area contributed by atoms with E-state index in [4.69, 9.17) is 9.47 Å². The summed E-state index contributed by atoms with van der Waals surface area (Å²) >= 11 is 0. The van der Waals surface area contributed by atoms with Crippen molar-refractivity contribution in [2.24, 2.45) is 11.8 Å². The molecular weight excluding hydrogens is 646 g/mol. The number of alkyl carbamates (subject to hydrolysis) is 2. The van der Waals surface area contributed by atoms with Gasteiger partial charge in [-0.1, -0.05) is 88.4 Å². The summed E-state index contributed by atoms with van der Waals surface area (Å²) in [5.41, 5.74) is 9.44. The topological polar surface area (TPSA) is 205 Å². The van der Waals surface area contributed by atoms with Crippen molar-refractivity contribution < 1.29 is 38.2 Å².